The van der Waals surface area contributed by atoms with Gasteiger partial charge in [-0.1, -0.05) is 12.1 Å². The van der Waals surface area contributed by atoms with Crippen LogP contribution in [-0.4, -0.2) is 68.9 Å². The van der Waals surface area contributed by atoms with Crippen molar-refractivity contribution in [2.75, 3.05) is 6.61 Å². The summed E-state index contributed by atoms with van der Waals surface area (Å²) in [6.07, 6.45) is -5.21. The van der Waals surface area contributed by atoms with E-state index in [-0.39, 0.29) is 11.9 Å². The number of aryl methyl sites for hydroxylation is 1. The second kappa shape index (κ2) is 8.05. The standard InChI is InChI=1S/C16H24O7/c1-9(2-3-10-4-6-11(18)7-5-10)22-16-15(21)14(20)13(19)12(8-17)23-16/h4-7,9,12-21H,2-3,8H2,1H3/t9-,12-,13-,14+,15-,16+/m1/s1. The molecule has 0 aliphatic carbocycles. The Hall–Kier alpha value is -1.22. The second-order valence-electron chi connectivity index (χ2n) is 5.85. The van der Waals surface area contributed by atoms with E-state index >= 15 is 0 Å². The van der Waals surface area contributed by atoms with E-state index in [0.717, 1.165) is 5.56 Å². The predicted octanol–water partition coefficient (Wildman–Crippen LogP) is -0.470. The lowest BCUT2D eigenvalue weighted by Crippen LogP contribution is -2.59. The minimum atomic E-state index is -1.44. The van der Waals surface area contributed by atoms with Gasteiger partial charge in [0.25, 0.3) is 0 Å². The third-order valence-corrected chi connectivity index (χ3v) is 3.99. The van der Waals surface area contributed by atoms with E-state index in [1.165, 1.54) is 0 Å². The van der Waals surface area contributed by atoms with Gasteiger partial charge in [-0.25, -0.2) is 0 Å². The zero-order valence-electron chi connectivity index (χ0n) is 12.9. The van der Waals surface area contributed by atoms with Crippen LogP contribution in [0.15, 0.2) is 24.3 Å². The molecule has 7 nitrogen and oxygen atoms in total. The monoisotopic (exact) mass is 328 g/mol. The van der Waals surface area contributed by atoms with Crippen molar-refractivity contribution in [1.82, 2.24) is 0 Å². The van der Waals surface area contributed by atoms with Gasteiger partial charge in [-0.3, -0.25) is 0 Å². The van der Waals surface area contributed by atoms with Crippen molar-refractivity contribution < 1.29 is 35.0 Å². The molecular weight excluding hydrogens is 304 g/mol. The van der Waals surface area contributed by atoms with Crippen molar-refractivity contribution in [1.29, 1.82) is 0 Å². The molecule has 5 N–H and O–H groups in total. The molecule has 0 radical (unpaired) electrons. The number of ether oxygens (including phenoxy) is 2. The molecule has 7 heteroatoms. The first-order valence-electron chi connectivity index (χ1n) is 7.66. The molecule has 1 saturated heterocycles. The van der Waals surface area contributed by atoms with Crippen molar-refractivity contribution in [3.05, 3.63) is 29.8 Å². The summed E-state index contributed by atoms with van der Waals surface area (Å²) in [5.41, 5.74) is 1.03. The van der Waals surface area contributed by atoms with Crippen molar-refractivity contribution >= 4 is 0 Å². The smallest absolute Gasteiger partial charge is 0.186 e. The third-order valence-electron chi connectivity index (χ3n) is 3.99. The molecule has 0 spiro atoms. The van der Waals surface area contributed by atoms with Crippen LogP contribution in [0.5, 0.6) is 5.75 Å². The average Bonchev–Trinajstić information content (AvgIpc) is 2.55. The molecule has 1 aromatic carbocycles. The summed E-state index contributed by atoms with van der Waals surface area (Å²) in [4.78, 5) is 0. The molecule has 6 atom stereocenters. The maximum Gasteiger partial charge on any atom is 0.186 e. The van der Waals surface area contributed by atoms with Gasteiger partial charge in [-0.05, 0) is 37.5 Å². The molecule has 0 saturated carbocycles. The van der Waals surface area contributed by atoms with Crippen LogP contribution in [-0.2, 0) is 15.9 Å². The van der Waals surface area contributed by atoms with Gasteiger partial charge in [0.05, 0.1) is 12.7 Å². The Morgan fingerprint density at radius 3 is 2.35 bits per heavy atom. The molecule has 23 heavy (non-hydrogen) atoms. The van der Waals surface area contributed by atoms with Crippen LogP contribution in [0, 0.1) is 0 Å². The summed E-state index contributed by atoms with van der Waals surface area (Å²) in [7, 11) is 0. The molecular formula is C16H24O7. The summed E-state index contributed by atoms with van der Waals surface area (Å²) < 4.78 is 10.9. The van der Waals surface area contributed by atoms with E-state index < -0.39 is 37.3 Å². The number of rotatable bonds is 6. The van der Waals surface area contributed by atoms with Gasteiger partial charge in [0.2, 0.25) is 0 Å². The fraction of sp³-hybridized carbons (Fsp3) is 0.625. The predicted molar refractivity (Wildman–Crippen MR) is 80.7 cm³/mol. The molecule has 0 amide bonds. The summed E-state index contributed by atoms with van der Waals surface area (Å²) in [6.45, 7) is 1.33. The molecule has 2 rings (SSSR count). The number of aliphatic hydroxyl groups is 4. The largest absolute Gasteiger partial charge is 0.508 e. The Bertz CT molecular complexity index is 476. The third kappa shape index (κ3) is 4.63. The van der Waals surface area contributed by atoms with Gasteiger partial charge in [0, 0.05) is 0 Å². The van der Waals surface area contributed by atoms with Crippen molar-refractivity contribution in [3.8, 4) is 5.75 Å². The lowest BCUT2D eigenvalue weighted by Gasteiger charge is -2.40. The first kappa shape index (κ1) is 18.1. The zero-order chi connectivity index (χ0) is 17.0. The zero-order valence-corrected chi connectivity index (χ0v) is 12.9. The Labute approximate surface area is 134 Å². The van der Waals surface area contributed by atoms with Gasteiger partial charge < -0.3 is 35.0 Å². The van der Waals surface area contributed by atoms with E-state index in [4.69, 9.17) is 14.6 Å². The summed E-state index contributed by atoms with van der Waals surface area (Å²) in [6, 6.07) is 6.85. The molecule has 0 unspecified atom stereocenters. The van der Waals surface area contributed by atoms with Crippen LogP contribution in [0.1, 0.15) is 18.9 Å². The van der Waals surface area contributed by atoms with Crippen LogP contribution >= 0.6 is 0 Å². The Balaban J connectivity index is 1.86. The van der Waals surface area contributed by atoms with Gasteiger partial charge in [-0.15, -0.1) is 0 Å². The SMILES string of the molecule is C[C@H](CCc1ccc(O)cc1)O[C@H]1O[C@H](CO)[C@@H](O)[C@H](O)[C@H]1O. The van der Waals surface area contributed by atoms with Gasteiger partial charge in [0.15, 0.2) is 6.29 Å². The molecule has 1 fully saturated rings. The van der Waals surface area contributed by atoms with Crippen LogP contribution < -0.4 is 0 Å². The van der Waals surface area contributed by atoms with Crippen LogP contribution in [0.4, 0.5) is 0 Å². The first-order chi connectivity index (χ1) is 10.9. The van der Waals surface area contributed by atoms with E-state index in [0.29, 0.717) is 12.8 Å². The van der Waals surface area contributed by atoms with Crippen LogP contribution in [0.2, 0.25) is 0 Å². The molecule has 0 bridgehead atoms. The highest BCUT2D eigenvalue weighted by atomic mass is 16.7. The van der Waals surface area contributed by atoms with Crippen molar-refractivity contribution in [2.24, 2.45) is 0 Å². The molecule has 1 aromatic rings. The highest BCUT2D eigenvalue weighted by molar-refractivity contribution is 5.25. The summed E-state index contributed by atoms with van der Waals surface area (Å²) >= 11 is 0. The Morgan fingerprint density at radius 2 is 1.74 bits per heavy atom. The highest BCUT2D eigenvalue weighted by Crippen LogP contribution is 2.23. The first-order valence-corrected chi connectivity index (χ1v) is 7.66. The number of phenols is 1. The Morgan fingerprint density at radius 1 is 1.09 bits per heavy atom. The quantitative estimate of drug-likeness (QED) is 0.479. The van der Waals surface area contributed by atoms with Crippen molar-refractivity contribution in [2.45, 2.75) is 56.6 Å². The fourth-order valence-corrected chi connectivity index (χ4v) is 2.51. The number of aromatic hydroxyl groups is 1. The fourth-order valence-electron chi connectivity index (χ4n) is 2.51. The topological polar surface area (TPSA) is 120 Å². The summed E-state index contributed by atoms with van der Waals surface area (Å²) in [5.74, 6) is 0.208. The Kier molecular flexibility index (Phi) is 6.34. The maximum atomic E-state index is 9.92. The van der Waals surface area contributed by atoms with Crippen LogP contribution in [0.3, 0.4) is 0 Å². The number of hydrogen-bond donors (Lipinski definition) is 5. The molecule has 1 aliphatic rings. The lowest BCUT2D eigenvalue weighted by atomic mass is 9.99. The lowest BCUT2D eigenvalue weighted by molar-refractivity contribution is -0.310. The highest BCUT2D eigenvalue weighted by Gasteiger charge is 2.44. The molecule has 0 aromatic heterocycles. The van der Waals surface area contributed by atoms with E-state index in [9.17, 15) is 20.4 Å². The van der Waals surface area contributed by atoms with E-state index in [1.807, 2.05) is 19.1 Å². The molecule has 1 aliphatic heterocycles. The van der Waals surface area contributed by atoms with E-state index in [2.05, 4.69) is 0 Å². The normalized spacial score (nSPS) is 32.7. The minimum absolute atomic E-state index is 0.208. The number of benzene rings is 1. The van der Waals surface area contributed by atoms with Gasteiger partial charge in [0.1, 0.15) is 30.2 Å². The van der Waals surface area contributed by atoms with Gasteiger partial charge in [-0.2, -0.15) is 0 Å². The average molecular weight is 328 g/mol. The van der Waals surface area contributed by atoms with Gasteiger partial charge >= 0.3 is 0 Å². The number of aliphatic hydroxyl groups excluding tert-OH is 4. The van der Waals surface area contributed by atoms with E-state index in [1.54, 1.807) is 12.1 Å². The molecule has 1 heterocycles. The number of phenolic OH excluding ortho intramolecular Hbond substituents is 1. The summed E-state index contributed by atoms with van der Waals surface area (Å²) in [5, 5.41) is 47.7. The minimum Gasteiger partial charge on any atom is -0.508 e. The van der Waals surface area contributed by atoms with Crippen LogP contribution in [0.25, 0.3) is 0 Å². The second-order valence-corrected chi connectivity index (χ2v) is 5.85. The maximum absolute atomic E-state index is 9.92. The molecule has 130 valence electrons. The van der Waals surface area contributed by atoms with Crippen molar-refractivity contribution in [3.63, 3.8) is 0 Å². The number of hydrogen-bond acceptors (Lipinski definition) is 7.